The molecule has 6 nitrogen and oxygen atoms in total. The van der Waals surface area contributed by atoms with Crippen LogP contribution in [0.5, 0.6) is 0 Å². The Hall–Kier alpha value is -1.67. The molecule has 0 aliphatic carbocycles. The fraction of sp³-hybridized carbons (Fsp3) is 0.333. The number of carbonyl (C=O) groups excluding carboxylic acids is 2. The summed E-state index contributed by atoms with van der Waals surface area (Å²) in [5.41, 5.74) is 6.49. The van der Waals surface area contributed by atoms with Gasteiger partial charge in [0.05, 0.1) is 10.6 Å². The SMILES string of the molecule is C/C(=N\N=C(N)SC1CC(=O)N(C)C1=O)c1cccs1. The number of nitrogens with two attached hydrogens (primary N) is 1. The molecule has 1 aromatic rings. The van der Waals surface area contributed by atoms with Gasteiger partial charge in [-0.1, -0.05) is 17.8 Å². The quantitative estimate of drug-likeness (QED) is 0.394. The van der Waals surface area contributed by atoms with Crippen molar-refractivity contribution in [2.75, 3.05) is 7.05 Å². The van der Waals surface area contributed by atoms with Crippen LogP contribution in [0.1, 0.15) is 18.2 Å². The van der Waals surface area contributed by atoms with Gasteiger partial charge >= 0.3 is 0 Å². The number of carbonyl (C=O) groups is 2. The van der Waals surface area contributed by atoms with Gasteiger partial charge in [-0.2, -0.15) is 5.10 Å². The van der Waals surface area contributed by atoms with Crippen molar-refractivity contribution in [1.82, 2.24) is 4.90 Å². The summed E-state index contributed by atoms with van der Waals surface area (Å²) in [6.07, 6.45) is 0.157. The first-order valence-corrected chi connectivity index (χ1v) is 7.63. The summed E-state index contributed by atoms with van der Waals surface area (Å²) in [6, 6.07) is 3.87. The summed E-state index contributed by atoms with van der Waals surface area (Å²) in [5.74, 6) is -0.435. The zero-order valence-corrected chi connectivity index (χ0v) is 12.7. The molecule has 0 radical (unpaired) electrons. The predicted octanol–water partition coefficient (Wildman–Crippen LogP) is 1.28. The Morgan fingerprint density at radius 1 is 1.50 bits per heavy atom. The number of nitrogens with zero attached hydrogens (tertiary/aromatic N) is 3. The molecule has 20 heavy (non-hydrogen) atoms. The molecule has 0 bridgehead atoms. The molecule has 2 amide bonds. The first-order chi connectivity index (χ1) is 9.49. The maximum absolute atomic E-state index is 11.7. The molecule has 2 heterocycles. The summed E-state index contributed by atoms with van der Waals surface area (Å²) < 4.78 is 0. The molecule has 1 aliphatic heterocycles. The zero-order chi connectivity index (χ0) is 14.7. The molecule has 2 N–H and O–H groups in total. The van der Waals surface area contributed by atoms with Crippen molar-refractivity contribution in [3.63, 3.8) is 0 Å². The van der Waals surface area contributed by atoms with Crippen molar-refractivity contribution in [2.24, 2.45) is 15.9 Å². The lowest BCUT2D eigenvalue weighted by molar-refractivity contribution is -0.136. The second-order valence-corrected chi connectivity index (χ2v) is 6.37. The molecule has 0 saturated carbocycles. The van der Waals surface area contributed by atoms with E-state index in [2.05, 4.69) is 10.2 Å². The molecule has 0 spiro atoms. The minimum absolute atomic E-state index is 0.157. The Morgan fingerprint density at radius 2 is 2.25 bits per heavy atom. The first-order valence-electron chi connectivity index (χ1n) is 5.87. The Bertz CT molecular complexity index is 580. The van der Waals surface area contributed by atoms with Gasteiger partial charge in [0.25, 0.3) is 0 Å². The second-order valence-electron chi connectivity index (χ2n) is 4.20. The van der Waals surface area contributed by atoms with E-state index < -0.39 is 5.25 Å². The standard InChI is InChI=1S/C12H14N4O2S2/c1-7(8-4-3-5-19-8)14-15-12(13)20-9-6-10(17)16(2)11(9)18/h3-5,9H,6H2,1-2H3,(H2,13,15)/b14-7+. The van der Waals surface area contributed by atoms with E-state index >= 15 is 0 Å². The van der Waals surface area contributed by atoms with Crippen LogP contribution in [0.4, 0.5) is 0 Å². The van der Waals surface area contributed by atoms with Crippen LogP contribution in [-0.4, -0.2) is 39.9 Å². The molecule has 2 rings (SSSR count). The predicted molar refractivity (Wildman–Crippen MR) is 81.9 cm³/mol. The summed E-state index contributed by atoms with van der Waals surface area (Å²) in [4.78, 5) is 25.2. The van der Waals surface area contributed by atoms with E-state index in [4.69, 9.17) is 5.73 Å². The van der Waals surface area contributed by atoms with E-state index in [9.17, 15) is 9.59 Å². The van der Waals surface area contributed by atoms with E-state index in [1.165, 1.54) is 7.05 Å². The van der Waals surface area contributed by atoms with Crippen LogP contribution in [0.3, 0.4) is 0 Å². The van der Waals surface area contributed by atoms with Gasteiger partial charge < -0.3 is 5.73 Å². The molecular weight excluding hydrogens is 296 g/mol. The number of hydrogen-bond donors (Lipinski definition) is 1. The van der Waals surface area contributed by atoms with Crippen molar-refractivity contribution in [3.05, 3.63) is 22.4 Å². The lowest BCUT2D eigenvalue weighted by atomic mass is 10.3. The van der Waals surface area contributed by atoms with Crippen LogP contribution in [0.15, 0.2) is 27.7 Å². The summed E-state index contributed by atoms with van der Waals surface area (Å²) >= 11 is 2.64. The fourth-order valence-corrected chi connectivity index (χ4v) is 3.18. The van der Waals surface area contributed by atoms with E-state index in [0.29, 0.717) is 0 Å². The van der Waals surface area contributed by atoms with Crippen LogP contribution in [0.25, 0.3) is 0 Å². The van der Waals surface area contributed by atoms with Gasteiger partial charge in [0, 0.05) is 13.5 Å². The van der Waals surface area contributed by atoms with Crippen molar-refractivity contribution in [1.29, 1.82) is 0 Å². The van der Waals surface area contributed by atoms with Crippen molar-refractivity contribution in [3.8, 4) is 0 Å². The maximum Gasteiger partial charge on any atom is 0.243 e. The summed E-state index contributed by atoms with van der Waals surface area (Å²) in [5, 5.41) is 9.57. The molecule has 1 fully saturated rings. The minimum Gasteiger partial charge on any atom is -0.377 e. The molecule has 1 aliphatic rings. The van der Waals surface area contributed by atoms with E-state index in [1.54, 1.807) is 11.3 Å². The third kappa shape index (κ3) is 3.26. The highest BCUT2D eigenvalue weighted by Crippen LogP contribution is 2.24. The first kappa shape index (κ1) is 14.7. The monoisotopic (exact) mass is 310 g/mol. The van der Waals surface area contributed by atoms with Crippen LogP contribution in [-0.2, 0) is 9.59 Å². The van der Waals surface area contributed by atoms with E-state index in [1.807, 2.05) is 24.4 Å². The number of rotatable bonds is 3. The van der Waals surface area contributed by atoms with Gasteiger partial charge in [0.2, 0.25) is 11.8 Å². The molecule has 106 valence electrons. The Kier molecular flexibility index (Phi) is 4.56. The highest BCUT2D eigenvalue weighted by molar-refractivity contribution is 8.14. The van der Waals surface area contributed by atoms with Gasteiger partial charge in [-0.25, -0.2) is 0 Å². The normalized spacial score (nSPS) is 20.9. The van der Waals surface area contributed by atoms with Gasteiger partial charge in [-0.05, 0) is 18.4 Å². The van der Waals surface area contributed by atoms with Crippen LogP contribution < -0.4 is 5.73 Å². The second kappa shape index (κ2) is 6.19. The lowest BCUT2D eigenvalue weighted by Gasteiger charge is -2.07. The van der Waals surface area contributed by atoms with Crippen LogP contribution in [0.2, 0.25) is 0 Å². The Labute approximate surface area is 124 Å². The largest absolute Gasteiger partial charge is 0.377 e. The third-order valence-electron chi connectivity index (χ3n) is 2.78. The minimum atomic E-state index is -0.492. The molecule has 0 aromatic carbocycles. The molecule has 8 heteroatoms. The molecule has 1 unspecified atom stereocenters. The summed E-state index contributed by atoms with van der Waals surface area (Å²) in [7, 11) is 1.47. The van der Waals surface area contributed by atoms with Crippen LogP contribution in [0, 0.1) is 0 Å². The maximum atomic E-state index is 11.7. The Balaban J connectivity index is 2.00. The average molecular weight is 310 g/mol. The number of hydrogen-bond acceptors (Lipinski definition) is 6. The van der Waals surface area contributed by atoms with Crippen molar-refractivity contribution >= 4 is 45.8 Å². The van der Waals surface area contributed by atoms with Gasteiger partial charge in [-0.15, -0.1) is 16.4 Å². The number of thiophene rings is 1. The van der Waals surface area contributed by atoms with Gasteiger partial charge in [0.15, 0.2) is 5.17 Å². The van der Waals surface area contributed by atoms with E-state index in [-0.39, 0.29) is 23.4 Å². The topological polar surface area (TPSA) is 88.1 Å². The lowest BCUT2D eigenvalue weighted by Crippen LogP contribution is -2.27. The number of amides is 2. The number of thioether (sulfide) groups is 1. The number of amidine groups is 1. The highest BCUT2D eigenvalue weighted by Gasteiger charge is 2.37. The number of imide groups is 1. The van der Waals surface area contributed by atoms with Gasteiger partial charge in [0.1, 0.15) is 5.25 Å². The van der Waals surface area contributed by atoms with E-state index in [0.717, 1.165) is 27.3 Å². The summed E-state index contributed by atoms with van der Waals surface area (Å²) in [6.45, 7) is 1.84. The third-order valence-corrected chi connectivity index (χ3v) is 4.73. The van der Waals surface area contributed by atoms with Crippen LogP contribution >= 0.6 is 23.1 Å². The highest BCUT2D eigenvalue weighted by atomic mass is 32.2. The molecule has 1 saturated heterocycles. The molecule has 1 aromatic heterocycles. The smallest absolute Gasteiger partial charge is 0.243 e. The molecular formula is C12H14N4O2S2. The number of likely N-dealkylation sites (tertiary alicyclic amines) is 1. The fourth-order valence-electron chi connectivity index (χ4n) is 1.64. The zero-order valence-electron chi connectivity index (χ0n) is 11.1. The van der Waals surface area contributed by atoms with Crippen molar-refractivity contribution < 1.29 is 9.59 Å². The van der Waals surface area contributed by atoms with Gasteiger partial charge in [-0.3, -0.25) is 14.5 Å². The van der Waals surface area contributed by atoms with Crippen molar-refractivity contribution in [2.45, 2.75) is 18.6 Å². The molecule has 1 atom stereocenters. The average Bonchev–Trinajstić information content (AvgIpc) is 3.02. The Morgan fingerprint density at radius 3 is 2.80 bits per heavy atom.